The lowest BCUT2D eigenvalue weighted by atomic mass is 10.1. The number of hydrogen-bond donors (Lipinski definition) is 2. The van der Waals surface area contributed by atoms with Gasteiger partial charge in [0, 0.05) is 49.9 Å². The van der Waals surface area contributed by atoms with Gasteiger partial charge in [0.2, 0.25) is 0 Å². The number of hydrogen-bond acceptors (Lipinski definition) is 5. The molecule has 2 N–H and O–H groups in total. The lowest BCUT2D eigenvalue weighted by Gasteiger charge is -2.32. The maximum atomic E-state index is 12.5. The molecule has 2 aromatic rings. The first kappa shape index (κ1) is 21.4. The molecule has 2 aliphatic rings. The van der Waals surface area contributed by atoms with Crippen molar-refractivity contribution in [3.05, 3.63) is 64.4 Å². The predicted octanol–water partition coefficient (Wildman–Crippen LogP) is 2.69. The number of fused-ring (bicyclic) bond motifs is 1. The molecule has 0 spiro atoms. The normalized spacial score (nSPS) is 18.3. The number of likely N-dealkylation sites (N-methyl/N-ethyl adjacent to an activating group) is 1. The molecular formula is C23H25ClN4O3. The minimum atomic E-state index is -0.375. The maximum absolute atomic E-state index is 12.5. The van der Waals surface area contributed by atoms with Crippen LogP contribution in [-0.2, 0) is 4.79 Å². The fourth-order valence-electron chi connectivity index (χ4n) is 3.55. The van der Waals surface area contributed by atoms with Crippen molar-refractivity contribution >= 4 is 35.2 Å². The molecule has 0 radical (unpaired) electrons. The summed E-state index contributed by atoms with van der Waals surface area (Å²) in [4.78, 5) is 29.6. The van der Waals surface area contributed by atoms with Crippen LogP contribution in [0.5, 0.6) is 5.75 Å². The van der Waals surface area contributed by atoms with Crippen LogP contribution in [-0.4, -0.2) is 67.9 Å². The van der Waals surface area contributed by atoms with Gasteiger partial charge >= 0.3 is 0 Å². The molecule has 8 heteroatoms. The highest BCUT2D eigenvalue weighted by molar-refractivity contribution is 6.30. The van der Waals surface area contributed by atoms with E-state index in [1.54, 1.807) is 42.5 Å². The van der Waals surface area contributed by atoms with Crippen LogP contribution < -0.4 is 15.4 Å². The molecule has 4 rings (SSSR count). The molecule has 0 bridgehead atoms. The van der Waals surface area contributed by atoms with E-state index in [1.165, 1.54) is 0 Å². The van der Waals surface area contributed by atoms with Gasteiger partial charge in [0.05, 0.1) is 5.69 Å². The number of ether oxygens (including phenoxy) is 1. The Hall–Kier alpha value is -2.87. The molecule has 2 amide bonds. The number of halogens is 1. The Kier molecular flexibility index (Phi) is 6.56. The zero-order valence-electron chi connectivity index (χ0n) is 17.4. The van der Waals surface area contributed by atoms with E-state index in [4.69, 9.17) is 16.3 Å². The monoisotopic (exact) mass is 440 g/mol. The molecule has 2 heterocycles. The molecule has 2 aliphatic heterocycles. The van der Waals surface area contributed by atoms with Crippen LogP contribution in [0.3, 0.4) is 0 Å². The SMILES string of the molecule is CN1CCN(CCNC(=O)c2ccc3c(c2)NC(=O)/C(=C/c2cccc(Cl)c2)O3)CC1. The first-order valence-corrected chi connectivity index (χ1v) is 10.7. The van der Waals surface area contributed by atoms with E-state index in [2.05, 4.69) is 27.5 Å². The summed E-state index contributed by atoms with van der Waals surface area (Å²) in [6.07, 6.45) is 1.63. The molecule has 7 nitrogen and oxygen atoms in total. The number of piperazine rings is 1. The fraction of sp³-hybridized carbons (Fsp3) is 0.304. The number of anilines is 1. The summed E-state index contributed by atoms with van der Waals surface area (Å²) in [6, 6.07) is 12.2. The Morgan fingerprint density at radius 2 is 2.00 bits per heavy atom. The zero-order valence-corrected chi connectivity index (χ0v) is 18.1. The summed E-state index contributed by atoms with van der Waals surface area (Å²) in [7, 11) is 2.12. The smallest absolute Gasteiger partial charge is 0.291 e. The van der Waals surface area contributed by atoms with Gasteiger partial charge in [0.1, 0.15) is 0 Å². The van der Waals surface area contributed by atoms with Crippen LogP contribution in [0.4, 0.5) is 5.69 Å². The van der Waals surface area contributed by atoms with Crippen molar-refractivity contribution in [3.63, 3.8) is 0 Å². The summed E-state index contributed by atoms with van der Waals surface area (Å²) in [5.41, 5.74) is 1.71. The van der Waals surface area contributed by atoms with Crippen LogP contribution in [0.1, 0.15) is 15.9 Å². The molecule has 2 aromatic carbocycles. The first-order chi connectivity index (χ1) is 15.0. The van der Waals surface area contributed by atoms with Crippen molar-refractivity contribution < 1.29 is 14.3 Å². The van der Waals surface area contributed by atoms with Gasteiger partial charge in [-0.15, -0.1) is 0 Å². The van der Waals surface area contributed by atoms with E-state index >= 15 is 0 Å². The average molecular weight is 441 g/mol. The van der Waals surface area contributed by atoms with E-state index in [0.717, 1.165) is 38.3 Å². The second kappa shape index (κ2) is 9.51. The molecule has 0 aliphatic carbocycles. The zero-order chi connectivity index (χ0) is 21.8. The van der Waals surface area contributed by atoms with Gasteiger partial charge < -0.3 is 20.3 Å². The van der Waals surface area contributed by atoms with Crippen molar-refractivity contribution in [1.29, 1.82) is 0 Å². The number of nitrogens with zero attached hydrogens (tertiary/aromatic N) is 2. The van der Waals surface area contributed by atoms with Crippen molar-refractivity contribution in [1.82, 2.24) is 15.1 Å². The van der Waals surface area contributed by atoms with Crippen molar-refractivity contribution in [2.45, 2.75) is 0 Å². The summed E-state index contributed by atoms with van der Waals surface area (Å²) >= 11 is 6.00. The van der Waals surface area contributed by atoms with Crippen molar-refractivity contribution in [2.75, 3.05) is 51.6 Å². The Balaban J connectivity index is 1.37. The number of benzene rings is 2. The van der Waals surface area contributed by atoms with Crippen LogP contribution in [0.15, 0.2) is 48.2 Å². The topological polar surface area (TPSA) is 73.9 Å². The first-order valence-electron chi connectivity index (χ1n) is 10.3. The van der Waals surface area contributed by atoms with Crippen LogP contribution in [0, 0.1) is 0 Å². The third-order valence-electron chi connectivity index (χ3n) is 5.39. The lowest BCUT2D eigenvalue weighted by molar-refractivity contribution is -0.115. The number of amides is 2. The third-order valence-corrected chi connectivity index (χ3v) is 5.62. The van der Waals surface area contributed by atoms with E-state index in [9.17, 15) is 9.59 Å². The minimum Gasteiger partial charge on any atom is -0.449 e. The summed E-state index contributed by atoms with van der Waals surface area (Å²) in [5, 5.41) is 6.32. The minimum absolute atomic E-state index is 0.166. The third kappa shape index (κ3) is 5.44. The van der Waals surface area contributed by atoms with Crippen LogP contribution in [0.25, 0.3) is 6.08 Å². The predicted molar refractivity (Wildman–Crippen MR) is 121 cm³/mol. The Bertz CT molecular complexity index is 1020. The van der Waals surface area contributed by atoms with Gasteiger partial charge in [0.25, 0.3) is 11.8 Å². The molecule has 1 fully saturated rings. The van der Waals surface area contributed by atoms with Crippen molar-refractivity contribution in [3.8, 4) is 5.75 Å². The molecule has 0 unspecified atom stereocenters. The van der Waals surface area contributed by atoms with Gasteiger partial charge in [-0.1, -0.05) is 23.7 Å². The largest absolute Gasteiger partial charge is 0.449 e. The Morgan fingerprint density at radius 1 is 1.19 bits per heavy atom. The number of carbonyl (C=O) groups excluding carboxylic acids is 2. The number of rotatable bonds is 5. The number of carbonyl (C=O) groups is 2. The highest BCUT2D eigenvalue weighted by Crippen LogP contribution is 2.32. The van der Waals surface area contributed by atoms with E-state index in [1.807, 2.05) is 6.07 Å². The van der Waals surface area contributed by atoms with E-state index < -0.39 is 0 Å². The lowest BCUT2D eigenvalue weighted by Crippen LogP contribution is -2.46. The van der Waals surface area contributed by atoms with Crippen LogP contribution in [0.2, 0.25) is 5.02 Å². The molecule has 1 saturated heterocycles. The molecule has 0 atom stereocenters. The summed E-state index contributed by atoms with van der Waals surface area (Å²) in [5.74, 6) is 0.104. The van der Waals surface area contributed by atoms with Crippen LogP contribution >= 0.6 is 11.6 Å². The maximum Gasteiger partial charge on any atom is 0.291 e. The van der Waals surface area contributed by atoms with Gasteiger partial charge in [-0.25, -0.2) is 0 Å². The van der Waals surface area contributed by atoms with E-state index in [0.29, 0.717) is 28.6 Å². The van der Waals surface area contributed by atoms with Crippen molar-refractivity contribution in [2.24, 2.45) is 0 Å². The number of nitrogens with one attached hydrogen (secondary N) is 2. The highest BCUT2D eigenvalue weighted by atomic mass is 35.5. The fourth-order valence-corrected chi connectivity index (χ4v) is 3.75. The highest BCUT2D eigenvalue weighted by Gasteiger charge is 2.23. The molecule has 31 heavy (non-hydrogen) atoms. The average Bonchev–Trinajstić information content (AvgIpc) is 2.75. The Morgan fingerprint density at radius 3 is 2.77 bits per heavy atom. The van der Waals surface area contributed by atoms with Gasteiger partial charge in [-0.05, 0) is 49.0 Å². The second-order valence-electron chi connectivity index (χ2n) is 7.73. The standard InChI is InChI=1S/C23H25ClN4O3/c1-27-9-11-28(12-10-27)8-7-25-22(29)17-5-6-20-19(15-17)26-23(30)21(31-20)14-16-3-2-4-18(24)13-16/h2-6,13-15H,7-12H2,1H3,(H,25,29)(H,26,30)/b21-14-. The van der Waals surface area contributed by atoms with Gasteiger partial charge in [0.15, 0.2) is 11.5 Å². The Labute approximate surface area is 186 Å². The second-order valence-corrected chi connectivity index (χ2v) is 8.17. The molecular weight excluding hydrogens is 416 g/mol. The molecule has 162 valence electrons. The summed E-state index contributed by atoms with van der Waals surface area (Å²) in [6.45, 7) is 5.52. The van der Waals surface area contributed by atoms with Gasteiger partial charge in [-0.3, -0.25) is 14.5 Å². The molecule has 0 saturated carbocycles. The van der Waals surface area contributed by atoms with Gasteiger partial charge in [-0.2, -0.15) is 0 Å². The molecule has 0 aromatic heterocycles. The van der Waals surface area contributed by atoms with E-state index in [-0.39, 0.29) is 17.6 Å². The quantitative estimate of drug-likeness (QED) is 0.699. The summed E-state index contributed by atoms with van der Waals surface area (Å²) < 4.78 is 5.76.